The number of unbranched alkanes of at least 4 members (excludes halogenated alkanes) is 3. The van der Waals surface area contributed by atoms with Gasteiger partial charge in [-0.25, -0.2) is 0 Å². The molecule has 0 aromatic heterocycles. The number of rotatable bonds is 13. The van der Waals surface area contributed by atoms with E-state index < -0.39 is 0 Å². The van der Waals surface area contributed by atoms with Gasteiger partial charge in [0.25, 0.3) is 0 Å². The van der Waals surface area contributed by atoms with Crippen LogP contribution in [-0.4, -0.2) is 44.1 Å². The minimum atomic E-state index is 0.289. The topological polar surface area (TPSA) is 29.1 Å². The van der Waals surface area contributed by atoms with Gasteiger partial charge in [-0.1, -0.05) is 53.4 Å². The van der Waals surface area contributed by atoms with Crippen LogP contribution in [-0.2, 0) is 4.79 Å². The van der Waals surface area contributed by atoms with Crippen LogP contribution in [0.3, 0.4) is 0 Å². The van der Waals surface area contributed by atoms with Gasteiger partial charge in [0.1, 0.15) is 0 Å². The number of nitrogens with zero attached hydrogens (tertiary/aromatic N) is 1. The van der Waals surface area contributed by atoms with Crippen LogP contribution in [0.1, 0.15) is 137 Å². The fourth-order valence-corrected chi connectivity index (χ4v) is 10.7. The summed E-state index contributed by atoms with van der Waals surface area (Å²) >= 11 is 0. The number of hydrogen-bond donors (Lipinski definition) is 1. The van der Waals surface area contributed by atoms with Crippen LogP contribution in [0, 0.1) is 46.3 Å². The molecule has 0 aromatic carbocycles. The van der Waals surface area contributed by atoms with Gasteiger partial charge in [0.15, 0.2) is 0 Å². The maximum Gasteiger partial charge on any atom is 0.220 e. The molecule has 1 amide bonds. The summed E-state index contributed by atoms with van der Waals surface area (Å²) in [5.41, 5.74) is 1.17. The van der Waals surface area contributed by atoms with E-state index in [1.165, 1.54) is 96.4 Å². The van der Waals surface area contributed by atoms with E-state index in [0.29, 0.717) is 16.7 Å². The monoisotopic (exact) mass is 530 g/mol. The predicted molar refractivity (Wildman–Crippen MR) is 162 cm³/mol. The van der Waals surface area contributed by atoms with Crippen molar-refractivity contribution in [3.63, 3.8) is 0 Å². The molecule has 0 radical (unpaired) electrons. The van der Waals surface area contributed by atoms with Gasteiger partial charge in [-0.15, -0.1) is 0 Å². The zero-order valence-electron chi connectivity index (χ0n) is 26.5. The molecule has 0 saturated heterocycles. The Bertz CT molecular complexity index is 763. The van der Waals surface area contributed by atoms with Crippen LogP contribution >= 0.6 is 0 Å². The van der Waals surface area contributed by atoms with Crippen molar-refractivity contribution < 1.29 is 9.28 Å². The third-order valence-electron chi connectivity index (χ3n) is 13.0. The zero-order valence-corrected chi connectivity index (χ0v) is 26.5. The summed E-state index contributed by atoms with van der Waals surface area (Å²) in [4.78, 5) is 12.7. The average molecular weight is 530 g/mol. The minimum absolute atomic E-state index is 0.289. The lowest BCUT2D eigenvalue weighted by atomic mass is 9.44. The van der Waals surface area contributed by atoms with Crippen molar-refractivity contribution in [1.82, 2.24) is 5.32 Å². The van der Waals surface area contributed by atoms with Crippen LogP contribution in [0.5, 0.6) is 0 Å². The fraction of sp³-hybridized carbons (Fsp3) is 0.971. The summed E-state index contributed by atoms with van der Waals surface area (Å²) in [6.45, 7) is 13.4. The van der Waals surface area contributed by atoms with Gasteiger partial charge in [-0.3, -0.25) is 4.79 Å². The third kappa shape index (κ3) is 6.66. The quantitative estimate of drug-likeness (QED) is 0.188. The molecule has 0 heterocycles. The molecule has 4 saturated carbocycles. The number of carbonyl (C=O) groups is 1. The Morgan fingerprint density at radius 1 is 0.868 bits per heavy atom. The lowest BCUT2D eigenvalue weighted by Gasteiger charge is -2.61. The average Bonchev–Trinajstić information content (AvgIpc) is 3.25. The van der Waals surface area contributed by atoms with E-state index >= 15 is 0 Å². The lowest BCUT2D eigenvalue weighted by molar-refractivity contribution is -0.890. The first-order valence-electron chi connectivity index (χ1n) is 17.2. The Morgan fingerprint density at radius 3 is 2.42 bits per heavy atom. The first kappa shape index (κ1) is 30.4. The fourth-order valence-electron chi connectivity index (χ4n) is 10.7. The molecule has 0 spiro atoms. The minimum Gasteiger partial charge on any atom is -0.356 e. The molecular weight excluding hydrogens is 464 g/mol. The van der Waals surface area contributed by atoms with E-state index in [4.69, 9.17) is 0 Å². The zero-order chi connectivity index (χ0) is 27.4. The van der Waals surface area contributed by atoms with Crippen LogP contribution < -0.4 is 5.32 Å². The number of fused-ring (bicyclic) bond motifs is 5. The Morgan fingerprint density at radius 2 is 1.63 bits per heavy atom. The van der Waals surface area contributed by atoms with Gasteiger partial charge >= 0.3 is 0 Å². The Kier molecular flexibility index (Phi) is 10.4. The molecule has 3 nitrogen and oxygen atoms in total. The maximum absolute atomic E-state index is 12.7. The van der Waals surface area contributed by atoms with Crippen molar-refractivity contribution in [2.75, 3.05) is 33.7 Å². The molecule has 4 rings (SSSR count). The van der Waals surface area contributed by atoms with Gasteiger partial charge < -0.3 is 9.80 Å². The van der Waals surface area contributed by atoms with Crippen molar-refractivity contribution in [3.05, 3.63) is 0 Å². The molecule has 4 aliphatic carbocycles. The van der Waals surface area contributed by atoms with Crippen molar-refractivity contribution in [2.45, 2.75) is 137 Å². The molecule has 0 bridgehead atoms. The van der Waals surface area contributed by atoms with Crippen molar-refractivity contribution in [1.29, 1.82) is 0 Å². The molecule has 1 N–H and O–H groups in total. The number of quaternary nitrogens is 1. The largest absolute Gasteiger partial charge is 0.356 e. The molecule has 4 aliphatic rings. The van der Waals surface area contributed by atoms with E-state index in [2.05, 4.69) is 47.1 Å². The SMILES string of the molecule is CCCCCC[N+](C)(C)CCCNC(=O)CCC(C)[C@H]1CC[C@H]2[C@@H]3CCC4CCCC[C@]4(C)[C@H]3CC[C@]12C. The highest BCUT2D eigenvalue weighted by Crippen LogP contribution is 2.68. The summed E-state index contributed by atoms with van der Waals surface area (Å²) < 4.78 is 1.08. The highest BCUT2D eigenvalue weighted by molar-refractivity contribution is 5.75. The second-order valence-corrected chi connectivity index (χ2v) is 15.8. The van der Waals surface area contributed by atoms with Crippen LogP contribution in [0.25, 0.3) is 0 Å². The number of hydrogen-bond acceptors (Lipinski definition) is 1. The third-order valence-corrected chi connectivity index (χ3v) is 13.0. The summed E-state index contributed by atoms with van der Waals surface area (Å²) in [6, 6.07) is 0. The normalized spacial score (nSPS) is 37.7. The maximum atomic E-state index is 12.7. The Balaban J connectivity index is 1.20. The highest BCUT2D eigenvalue weighted by atomic mass is 16.1. The summed E-state index contributed by atoms with van der Waals surface area (Å²) in [5, 5.41) is 3.26. The summed E-state index contributed by atoms with van der Waals surface area (Å²) in [6.07, 6.45) is 23.1. The van der Waals surface area contributed by atoms with E-state index in [0.717, 1.165) is 66.4 Å². The van der Waals surface area contributed by atoms with Crippen LogP contribution in [0.15, 0.2) is 0 Å². The molecule has 220 valence electrons. The van der Waals surface area contributed by atoms with Gasteiger partial charge in [0.05, 0.1) is 27.2 Å². The first-order chi connectivity index (χ1) is 18.1. The molecule has 38 heavy (non-hydrogen) atoms. The molecule has 0 aromatic rings. The molecule has 3 heteroatoms. The van der Waals surface area contributed by atoms with Gasteiger partial charge in [0.2, 0.25) is 5.91 Å². The molecule has 8 atom stereocenters. The molecule has 2 unspecified atom stereocenters. The predicted octanol–water partition coefficient (Wildman–Crippen LogP) is 8.61. The van der Waals surface area contributed by atoms with E-state index in [1.54, 1.807) is 0 Å². The molecule has 0 aliphatic heterocycles. The lowest BCUT2D eigenvalue weighted by Crippen LogP contribution is -2.53. The van der Waals surface area contributed by atoms with Crippen LogP contribution in [0.4, 0.5) is 0 Å². The van der Waals surface area contributed by atoms with Crippen molar-refractivity contribution in [2.24, 2.45) is 46.3 Å². The smallest absolute Gasteiger partial charge is 0.220 e. The van der Waals surface area contributed by atoms with E-state index in [9.17, 15) is 4.79 Å². The van der Waals surface area contributed by atoms with Gasteiger partial charge in [-0.2, -0.15) is 0 Å². The van der Waals surface area contributed by atoms with Gasteiger partial charge in [0, 0.05) is 19.4 Å². The van der Waals surface area contributed by atoms with Crippen molar-refractivity contribution in [3.8, 4) is 0 Å². The highest BCUT2D eigenvalue weighted by Gasteiger charge is 2.60. The second-order valence-electron chi connectivity index (χ2n) is 15.8. The van der Waals surface area contributed by atoms with E-state index in [1.807, 2.05) is 0 Å². The van der Waals surface area contributed by atoms with Crippen LogP contribution in [0.2, 0.25) is 0 Å². The second kappa shape index (κ2) is 12.9. The number of amides is 1. The standard InChI is InChI=1S/C35H64N2O/c1-7-8-9-12-25-37(5,6)26-13-24-36-33(38)20-15-27(2)30-18-19-31-29-17-16-28-14-10-11-22-34(28,3)32(29)21-23-35(30,31)4/h27-32H,7-26H2,1-6H3/p+1/t27?,28?,29-,30+,31-,32-,34-,35+/m0/s1. The molecular formula is C35H65N2O+. The molecule has 4 fully saturated rings. The van der Waals surface area contributed by atoms with E-state index in [-0.39, 0.29) is 5.91 Å². The van der Waals surface area contributed by atoms with Crippen molar-refractivity contribution >= 4 is 5.91 Å². The first-order valence-corrected chi connectivity index (χ1v) is 17.2. The Labute approximate surface area is 237 Å². The summed E-state index contributed by atoms with van der Waals surface area (Å²) in [7, 11) is 4.69. The number of carbonyl (C=O) groups excluding carboxylic acids is 1. The Hall–Kier alpha value is -0.570. The number of nitrogens with one attached hydrogen (secondary N) is 1. The van der Waals surface area contributed by atoms with Gasteiger partial charge in [-0.05, 0) is 117 Å². The summed E-state index contributed by atoms with van der Waals surface area (Å²) in [5.74, 6) is 5.74.